The van der Waals surface area contributed by atoms with Gasteiger partial charge in [0, 0.05) is 11.3 Å². The lowest BCUT2D eigenvalue weighted by atomic mass is 9.88. The van der Waals surface area contributed by atoms with Crippen molar-refractivity contribution in [3.8, 4) is 5.75 Å². The van der Waals surface area contributed by atoms with E-state index in [1.807, 2.05) is 31.2 Å². The summed E-state index contributed by atoms with van der Waals surface area (Å²) in [5, 5.41) is 3.55. The van der Waals surface area contributed by atoms with Crippen LogP contribution in [0, 0.1) is 12.8 Å². The first-order valence-corrected chi connectivity index (χ1v) is 10.5. The number of rotatable bonds is 7. The van der Waals surface area contributed by atoms with Gasteiger partial charge in [-0.2, -0.15) is 0 Å². The summed E-state index contributed by atoms with van der Waals surface area (Å²) in [7, 11) is 1.38. The molecule has 1 aromatic heterocycles. The predicted molar refractivity (Wildman–Crippen MR) is 111 cm³/mol. The van der Waals surface area contributed by atoms with Crippen LogP contribution in [0.2, 0.25) is 0 Å². The number of methoxy groups -OCH3 is 1. The van der Waals surface area contributed by atoms with Gasteiger partial charge in [0.25, 0.3) is 0 Å². The second-order valence-corrected chi connectivity index (χ2v) is 8.47. The fraction of sp³-hybridized carbons (Fsp3) is 0.455. The number of carbonyl (C=O) groups excluding carboxylic acids is 2. The fourth-order valence-corrected chi connectivity index (χ4v) is 4.89. The van der Waals surface area contributed by atoms with Crippen molar-refractivity contribution in [2.75, 3.05) is 19.0 Å². The molecule has 2 aromatic rings. The standard InChI is InChI=1S/C22H27NO4S/c1-14-6-4-7-16(12-14)27-11-5-8-19(24)23-21-20(22(25)26-3)17-10-9-15(2)13-18(17)28-21/h4,6-7,12,15H,5,8-11,13H2,1-3H3,(H,23,24)/t15-/m0/s1. The quantitative estimate of drug-likeness (QED) is 0.536. The van der Waals surface area contributed by atoms with Crippen molar-refractivity contribution in [3.05, 3.63) is 45.8 Å². The third-order valence-electron chi connectivity index (χ3n) is 4.96. The normalized spacial score (nSPS) is 15.6. The van der Waals surface area contributed by atoms with E-state index in [1.54, 1.807) is 0 Å². The number of benzene rings is 1. The summed E-state index contributed by atoms with van der Waals surface area (Å²) >= 11 is 1.51. The minimum atomic E-state index is -0.370. The number of carbonyl (C=O) groups is 2. The highest BCUT2D eigenvalue weighted by atomic mass is 32.1. The fourth-order valence-electron chi connectivity index (χ4n) is 3.47. The minimum Gasteiger partial charge on any atom is -0.494 e. The van der Waals surface area contributed by atoms with Crippen molar-refractivity contribution in [1.29, 1.82) is 0 Å². The van der Waals surface area contributed by atoms with Gasteiger partial charge in [-0.25, -0.2) is 4.79 Å². The van der Waals surface area contributed by atoms with Gasteiger partial charge < -0.3 is 14.8 Å². The van der Waals surface area contributed by atoms with Gasteiger partial charge in [0.2, 0.25) is 5.91 Å². The van der Waals surface area contributed by atoms with Crippen molar-refractivity contribution in [2.45, 2.75) is 46.0 Å². The Morgan fingerprint density at radius 1 is 1.32 bits per heavy atom. The molecule has 1 aliphatic carbocycles. The van der Waals surface area contributed by atoms with Crippen LogP contribution < -0.4 is 10.1 Å². The lowest BCUT2D eigenvalue weighted by Crippen LogP contribution is -2.16. The Hall–Kier alpha value is -2.34. The highest BCUT2D eigenvalue weighted by Crippen LogP contribution is 2.40. The molecule has 150 valence electrons. The van der Waals surface area contributed by atoms with E-state index in [-0.39, 0.29) is 11.9 Å². The number of aryl methyl sites for hydroxylation is 1. The molecule has 28 heavy (non-hydrogen) atoms. The maximum atomic E-state index is 12.4. The summed E-state index contributed by atoms with van der Waals surface area (Å²) in [6.45, 7) is 4.70. The molecule has 6 heteroatoms. The summed E-state index contributed by atoms with van der Waals surface area (Å²) in [5.74, 6) is 0.933. The number of anilines is 1. The van der Waals surface area contributed by atoms with Crippen LogP contribution in [-0.4, -0.2) is 25.6 Å². The van der Waals surface area contributed by atoms with Crippen molar-refractivity contribution in [1.82, 2.24) is 0 Å². The molecule has 0 spiro atoms. The topological polar surface area (TPSA) is 64.6 Å². The number of fused-ring (bicyclic) bond motifs is 1. The number of hydrogen-bond acceptors (Lipinski definition) is 5. The van der Waals surface area contributed by atoms with E-state index in [2.05, 4.69) is 12.2 Å². The average molecular weight is 402 g/mol. The maximum absolute atomic E-state index is 12.4. The lowest BCUT2D eigenvalue weighted by Gasteiger charge is -2.18. The first-order valence-electron chi connectivity index (χ1n) is 9.70. The zero-order chi connectivity index (χ0) is 20.1. The van der Waals surface area contributed by atoms with Crippen LogP contribution in [0.1, 0.15) is 52.5 Å². The molecule has 1 atom stereocenters. The van der Waals surface area contributed by atoms with Gasteiger partial charge in [-0.3, -0.25) is 4.79 Å². The summed E-state index contributed by atoms with van der Waals surface area (Å²) < 4.78 is 10.7. The Morgan fingerprint density at radius 2 is 2.14 bits per heavy atom. The van der Waals surface area contributed by atoms with Gasteiger partial charge >= 0.3 is 5.97 Å². The molecule has 0 radical (unpaired) electrons. The van der Waals surface area contributed by atoms with Crippen LogP contribution >= 0.6 is 11.3 Å². The molecule has 1 aromatic carbocycles. The molecule has 1 heterocycles. The SMILES string of the molecule is COC(=O)c1c(NC(=O)CCCOc2cccc(C)c2)sc2c1CC[C@H](C)C2. The molecule has 1 aliphatic rings. The third kappa shape index (κ3) is 4.93. The smallest absolute Gasteiger partial charge is 0.341 e. The summed E-state index contributed by atoms with van der Waals surface area (Å²) in [4.78, 5) is 25.9. The predicted octanol–water partition coefficient (Wildman–Crippen LogP) is 4.77. The molecule has 0 saturated carbocycles. The zero-order valence-electron chi connectivity index (χ0n) is 16.7. The highest BCUT2D eigenvalue weighted by Gasteiger charge is 2.28. The number of thiophene rings is 1. The number of amides is 1. The molecule has 0 unspecified atom stereocenters. The van der Waals surface area contributed by atoms with E-state index in [0.717, 1.165) is 36.1 Å². The molecule has 0 fully saturated rings. The van der Waals surface area contributed by atoms with Crippen LogP contribution in [0.3, 0.4) is 0 Å². The van der Waals surface area contributed by atoms with Crippen LogP contribution in [0.15, 0.2) is 24.3 Å². The van der Waals surface area contributed by atoms with Gasteiger partial charge in [-0.15, -0.1) is 11.3 Å². The van der Waals surface area contributed by atoms with Gasteiger partial charge in [0.15, 0.2) is 0 Å². The van der Waals surface area contributed by atoms with E-state index in [0.29, 0.717) is 35.9 Å². The van der Waals surface area contributed by atoms with Gasteiger partial charge in [0.05, 0.1) is 19.3 Å². The van der Waals surface area contributed by atoms with E-state index in [4.69, 9.17) is 9.47 Å². The van der Waals surface area contributed by atoms with Crippen molar-refractivity contribution in [2.24, 2.45) is 5.92 Å². The molecule has 1 N–H and O–H groups in total. The number of hydrogen-bond donors (Lipinski definition) is 1. The van der Waals surface area contributed by atoms with Gasteiger partial charge in [-0.1, -0.05) is 19.1 Å². The van der Waals surface area contributed by atoms with Crippen LogP contribution in [0.4, 0.5) is 5.00 Å². The van der Waals surface area contributed by atoms with Crippen LogP contribution in [0.5, 0.6) is 5.75 Å². The Labute approximate surface area is 170 Å². The Morgan fingerprint density at radius 3 is 2.89 bits per heavy atom. The molecule has 0 saturated heterocycles. The number of nitrogens with one attached hydrogen (secondary N) is 1. The van der Waals surface area contributed by atoms with E-state index in [1.165, 1.54) is 23.3 Å². The van der Waals surface area contributed by atoms with Gasteiger partial charge in [-0.05, 0) is 61.8 Å². The summed E-state index contributed by atoms with van der Waals surface area (Å²) in [6, 6.07) is 7.85. The Bertz CT molecular complexity index is 858. The van der Waals surface area contributed by atoms with Gasteiger partial charge in [0.1, 0.15) is 10.8 Å². The minimum absolute atomic E-state index is 0.107. The van der Waals surface area contributed by atoms with E-state index in [9.17, 15) is 9.59 Å². The van der Waals surface area contributed by atoms with E-state index < -0.39 is 0 Å². The monoisotopic (exact) mass is 401 g/mol. The molecular formula is C22H27NO4S. The first kappa shape index (κ1) is 20.4. The van der Waals surface area contributed by atoms with Crippen molar-refractivity contribution >= 4 is 28.2 Å². The van der Waals surface area contributed by atoms with Crippen LogP contribution in [-0.2, 0) is 22.4 Å². The largest absolute Gasteiger partial charge is 0.494 e. The second kappa shape index (κ2) is 9.24. The Kier molecular flexibility index (Phi) is 6.73. The second-order valence-electron chi connectivity index (χ2n) is 7.36. The molecule has 0 aliphatic heterocycles. The maximum Gasteiger partial charge on any atom is 0.341 e. The van der Waals surface area contributed by atoms with Crippen molar-refractivity contribution in [3.63, 3.8) is 0 Å². The summed E-state index contributed by atoms with van der Waals surface area (Å²) in [6.07, 6.45) is 3.81. The number of ether oxygens (including phenoxy) is 2. The molecule has 1 amide bonds. The van der Waals surface area contributed by atoms with Crippen LogP contribution in [0.25, 0.3) is 0 Å². The summed E-state index contributed by atoms with van der Waals surface area (Å²) in [5.41, 5.74) is 2.73. The van der Waals surface area contributed by atoms with Crippen molar-refractivity contribution < 1.29 is 19.1 Å². The molecule has 5 nitrogen and oxygen atoms in total. The first-order chi connectivity index (χ1) is 13.5. The zero-order valence-corrected chi connectivity index (χ0v) is 17.5. The average Bonchev–Trinajstić information content (AvgIpc) is 3.01. The molecule has 0 bridgehead atoms. The Balaban J connectivity index is 1.58. The third-order valence-corrected chi connectivity index (χ3v) is 6.13. The molecular weight excluding hydrogens is 374 g/mol. The lowest BCUT2D eigenvalue weighted by molar-refractivity contribution is -0.116. The number of esters is 1. The van der Waals surface area contributed by atoms with E-state index >= 15 is 0 Å². The molecule has 3 rings (SSSR count). The highest BCUT2D eigenvalue weighted by molar-refractivity contribution is 7.17.